The lowest BCUT2D eigenvalue weighted by Crippen LogP contribution is -2.50. The van der Waals surface area contributed by atoms with E-state index in [2.05, 4.69) is 0 Å². The molecule has 0 aromatic heterocycles. The maximum absolute atomic E-state index is 11.8. The van der Waals surface area contributed by atoms with Crippen LogP contribution in [0.1, 0.15) is 38.3 Å². The van der Waals surface area contributed by atoms with E-state index >= 15 is 0 Å². The van der Waals surface area contributed by atoms with Crippen molar-refractivity contribution in [1.29, 1.82) is 0 Å². The average Bonchev–Trinajstić information content (AvgIpc) is 2.68. The zero-order valence-corrected chi connectivity index (χ0v) is 18.8. The number of rotatable bonds is 8. The zero-order valence-electron chi connectivity index (χ0n) is 18.0. The van der Waals surface area contributed by atoms with Crippen LogP contribution in [0.4, 0.5) is 0 Å². The monoisotopic (exact) mass is 430 g/mol. The van der Waals surface area contributed by atoms with Crippen LogP contribution in [0.3, 0.4) is 0 Å². The molecule has 3 atom stereocenters. The molecular weight excluding hydrogens is 400 g/mol. The summed E-state index contributed by atoms with van der Waals surface area (Å²) < 4.78 is 23.8. The number of aryl methyl sites for hydroxylation is 1. The Bertz CT molecular complexity index is 806. The Kier molecular flexibility index (Phi) is 7.94. The van der Waals surface area contributed by atoms with E-state index in [-0.39, 0.29) is 18.2 Å². The van der Waals surface area contributed by atoms with Gasteiger partial charge in [0.05, 0.1) is 19.3 Å². The SMILES string of the molecule is CC(=O)OC(Sc1ccc(C)cc1)[C@H]1C[C@H](COCc2ccccc2)OC(C)(C)O1. The number of esters is 1. The minimum absolute atomic E-state index is 0.154. The summed E-state index contributed by atoms with van der Waals surface area (Å²) in [6.45, 7) is 8.20. The Labute approximate surface area is 183 Å². The third kappa shape index (κ3) is 7.13. The molecule has 30 heavy (non-hydrogen) atoms. The summed E-state index contributed by atoms with van der Waals surface area (Å²) in [6, 6.07) is 18.2. The number of carbonyl (C=O) groups excluding carboxylic acids is 1. The Morgan fingerprint density at radius 1 is 1.13 bits per heavy atom. The fourth-order valence-corrected chi connectivity index (χ4v) is 4.45. The van der Waals surface area contributed by atoms with Crippen molar-refractivity contribution < 1.29 is 23.7 Å². The molecule has 0 amide bonds. The lowest BCUT2D eigenvalue weighted by Gasteiger charge is -2.42. The van der Waals surface area contributed by atoms with Gasteiger partial charge in [-0.2, -0.15) is 0 Å². The van der Waals surface area contributed by atoms with Crippen LogP contribution in [0.15, 0.2) is 59.5 Å². The van der Waals surface area contributed by atoms with E-state index in [0.717, 1.165) is 10.5 Å². The summed E-state index contributed by atoms with van der Waals surface area (Å²) in [5, 5.41) is 0. The molecule has 1 heterocycles. The number of carbonyl (C=O) groups is 1. The van der Waals surface area contributed by atoms with Crippen molar-refractivity contribution in [2.24, 2.45) is 0 Å². The van der Waals surface area contributed by atoms with Crippen LogP contribution >= 0.6 is 11.8 Å². The first kappa shape index (κ1) is 22.8. The molecule has 6 heteroatoms. The Morgan fingerprint density at radius 3 is 2.50 bits per heavy atom. The maximum Gasteiger partial charge on any atom is 0.303 e. The lowest BCUT2D eigenvalue weighted by atomic mass is 10.1. The third-order valence-corrected chi connectivity index (χ3v) is 5.83. The molecule has 3 rings (SSSR count). The lowest BCUT2D eigenvalue weighted by molar-refractivity contribution is -0.313. The van der Waals surface area contributed by atoms with Crippen molar-refractivity contribution in [2.75, 3.05) is 6.61 Å². The summed E-state index contributed by atoms with van der Waals surface area (Å²) in [5.74, 6) is -1.12. The second-order valence-electron chi connectivity index (χ2n) is 7.94. The summed E-state index contributed by atoms with van der Waals surface area (Å²) in [7, 11) is 0. The van der Waals surface area contributed by atoms with Gasteiger partial charge in [0.2, 0.25) is 0 Å². The van der Waals surface area contributed by atoms with E-state index in [1.54, 1.807) is 0 Å². The highest BCUT2D eigenvalue weighted by atomic mass is 32.2. The van der Waals surface area contributed by atoms with Crippen molar-refractivity contribution in [2.45, 2.75) is 69.0 Å². The van der Waals surface area contributed by atoms with Gasteiger partial charge in [-0.15, -0.1) is 0 Å². The van der Waals surface area contributed by atoms with E-state index in [9.17, 15) is 4.79 Å². The van der Waals surface area contributed by atoms with Crippen LogP contribution in [0.25, 0.3) is 0 Å². The Morgan fingerprint density at radius 2 is 1.83 bits per heavy atom. The van der Waals surface area contributed by atoms with Gasteiger partial charge in [-0.3, -0.25) is 4.79 Å². The molecule has 162 valence electrons. The van der Waals surface area contributed by atoms with Crippen LogP contribution in [0, 0.1) is 6.92 Å². The van der Waals surface area contributed by atoms with Crippen molar-refractivity contribution in [3.05, 3.63) is 65.7 Å². The zero-order chi connectivity index (χ0) is 21.6. The van der Waals surface area contributed by atoms with E-state index in [1.807, 2.05) is 75.4 Å². The molecule has 0 saturated carbocycles. The molecular formula is C24H30O5S. The Hall–Kier alpha value is -1.86. The van der Waals surface area contributed by atoms with Gasteiger partial charge in [0.1, 0.15) is 6.10 Å². The smallest absolute Gasteiger partial charge is 0.303 e. The largest absolute Gasteiger partial charge is 0.448 e. The van der Waals surface area contributed by atoms with Gasteiger partial charge in [-0.25, -0.2) is 0 Å². The summed E-state index contributed by atoms with van der Waals surface area (Å²) >= 11 is 1.49. The van der Waals surface area contributed by atoms with Crippen molar-refractivity contribution >= 4 is 17.7 Å². The van der Waals surface area contributed by atoms with E-state index in [4.69, 9.17) is 18.9 Å². The first-order valence-electron chi connectivity index (χ1n) is 10.2. The molecule has 1 aliphatic heterocycles. The second kappa shape index (κ2) is 10.4. The highest BCUT2D eigenvalue weighted by molar-refractivity contribution is 7.99. The van der Waals surface area contributed by atoms with Crippen molar-refractivity contribution in [3.63, 3.8) is 0 Å². The standard InChI is InChI=1S/C24H30O5S/c1-17-10-12-21(13-11-17)30-23(27-18(2)25)22-14-20(28-24(3,4)29-22)16-26-15-19-8-6-5-7-9-19/h5-13,20,22-23H,14-16H2,1-4H3/t20-,22-,23?/m1/s1. The van der Waals surface area contributed by atoms with Crippen LogP contribution < -0.4 is 0 Å². The van der Waals surface area contributed by atoms with Gasteiger partial charge < -0.3 is 18.9 Å². The van der Waals surface area contributed by atoms with Gasteiger partial charge >= 0.3 is 5.97 Å². The molecule has 1 aliphatic rings. The molecule has 0 aliphatic carbocycles. The molecule has 0 spiro atoms. The topological polar surface area (TPSA) is 54.0 Å². The minimum atomic E-state index is -0.796. The molecule has 0 N–H and O–H groups in total. The van der Waals surface area contributed by atoms with Gasteiger partial charge in [0, 0.05) is 18.2 Å². The van der Waals surface area contributed by atoms with Crippen LogP contribution in [0.2, 0.25) is 0 Å². The number of ether oxygens (including phenoxy) is 4. The highest BCUT2D eigenvalue weighted by Gasteiger charge is 2.41. The summed E-state index contributed by atoms with van der Waals surface area (Å²) in [6.07, 6.45) is 0.114. The van der Waals surface area contributed by atoms with E-state index in [1.165, 1.54) is 24.2 Å². The molecule has 1 unspecified atom stereocenters. The first-order chi connectivity index (χ1) is 14.3. The fraction of sp³-hybridized carbons (Fsp3) is 0.458. The van der Waals surface area contributed by atoms with Crippen molar-refractivity contribution in [1.82, 2.24) is 0 Å². The maximum atomic E-state index is 11.8. The molecule has 5 nitrogen and oxygen atoms in total. The quantitative estimate of drug-likeness (QED) is 0.330. The molecule has 0 bridgehead atoms. The minimum Gasteiger partial charge on any atom is -0.448 e. The predicted octanol–water partition coefficient (Wildman–Crippen LogP) is 5.10. The third-order valence-electron chi connectivity index (χ3n) is 4.66. The number of thioether (sulfide) groups is 1. The van der Waals surface area contributed by atoms with Crippen LogP contribution in [-0.2, 0) is 30.3 Å². The number of hydrogen-bond acceptors (Lipinski definition) is 6. The normalized spacial score (nSPS) is 21.7. The molecule has 2 aromatic rings. The Balaban J connectivity index is 1.65. The van der Waals surface area contributed by atoms with Gasteiger partial charge in [-0.1, -0.05) is 59.8 Å². The molecule has 0 radical (unpaired) electrons. The highest BCUT2D eigenvalue weighted by Crippen LogP contribution is 2.36. The average molecular weight is 431 g/mol. The van der Waals surface area contributed by atoms with Gasteiger partial charge in [0.15, 0.2) is 11.2 Å². The van der Waals surface area contributed by atoms with Crippen molar-refractivity contribution in [3.8, 4) is 0 Å². The van der Waals surface area contributed by atoms with Gasteiger partial charge in [0.25, 0.3) is 0 Å². The summed E-state index contributed by atoms with van der Waals surface area (Å²) in [5.41, 5.74) is 1.83. The first-order valence-corrected chi connectivity index (χ1v) is 11.1. The van der Waals surface area contributed by atoms with Gasteiger partial charge in [-0.05, 0) is 38.5 Å². The number of hydrogen-bond donors (Lipinski definition) is 0. The van der Waals surface area contributed by atoms with E-state index < -0.39 is 11.2 Å². The van der Waals surface area contributed by atoms with E-state index in [0.29, 0.717) is 19.6 Å². The van der Waals surface area contributed by atoms with Crippen LogP contribution in [-0.4, -0.2) is 36.0 Å². The summed E-state index contributed by atoms with van der Waals surface area (Å²) in [4.78, 5) is 12.8. The molecule has 1 fully saturated rings. The fourth-order valence-electron chi connectivity index (χ4n) is 3.39. The van der Waals surface area contributed by atoms with Crippen LogP contribution in [0.5, 0.6) is 0 Å². The molecule has 2 aromatic carbocycles. The molecule has 1 saturated heterocycles. The second-order valence-corrected chi connectivity index (χ2v) is 9.11. The number of benzene rings is 2. The predicted molar refractivity (Wildman–Crippen MR) is 117 cm³/mol.